The minimum atomic E-state index is -4.29. The largest absolute Gasteiger partial charge is 0.394 e. The van der Waals surface area contributed by atoms with Crippen LogP contribution < -0.4 is 0 Å². The third-order valence-corrected chi connectivity index (χ3v) is 8.73. The maximum atomic E-state index is 13.8. The van der Waals surface area contributed by atoms with Crippen molar-refractivity contribution < 1.29 is 13.2 Å². The molecule has 0 unspecified atom stereocenters. The summed E-state index contributed by atoms with van der Waals surface area (Å²) in [6.07, 6.45) is -1.59. The zero-order valence-corrected chi connectivity index (χ0v) is 22.1. The molecule has 0 saturated carbocycles. The first kappa shape index (κ1) is 24.3. The summed E-state index contributed by atoms with van der Waals surface area (Å²) in [5.41, 5.74) is 2.27. The zero-order valence-electron chi connectivity index (χ0n) is 21.3. The zero-order chi connectivity index (χ0) is 26.1. The molecule has 5 aromatic rings. The van der Waals surface area contributed by atoms with E-state index in [-0.39, 0.29) is 6.42 Å². The molecule has 2 heterocycles. The van der Waals surface area contributed by atoms with Crippen LogP contribution in [-0.2, 0) is 12.8 Å². The maximum Gasteiger partial charge on any atom is 0.394 e. The number of hydrogen-bond acceptors (Lipinski definition) is 2. The predicted molar refractivity (Wildman–Crippen MR) is 148 cm³/mol. The van der Waals surface area contributed by atoms with Crippen molar-refractivity contribution in [3.8, 4) is 11.3 Å². The molecule has 6 rings (SSSR count). The summed E-state index contributed by atoms with van der Waals surface area (Å²) in [6, 6.07) is 20.6. The van der Waals surface area contributed by atoms with E-state index in [1.807, 2.05) is 30.5 Å². The van der Waals surface area contributed by atoms with Crippen LogP contribution >= 0.6 is 11.8 Å². The van der Waals surface area contributed by atoms with E-state index in [4.69, 9.17) is 4.98 Å². The average Bonchev–Trinajstić information content (AvgIpc) is 2.83. The van der Waals surface area contributed by atoms with Crippen molar-refractivity contribution in [2.45, 2.75) is 56.5 Å². The van der Waals surface area contributed by atoms with Crippen LogP contribution in [0.3, 0.4) is 0 Å². The molecule has 1 aliphatic heterocycles. The summed E-state index contributed by atoms with van der Waals surface area (Å²) in [6.45, 7) is 7.05. The predicted octanol–water partition coefficient (Wildman–Crippen LogP) is 10.0. The van der Waals surface area contributed by atoms with Crippen LogP contribution in [-0.4, -0.2) is 11.2 Å². The monoisotopic (exact) mass is 515 g/mol. The van der Waals surface area contributed by atoms with Gasteiger partial charge in [0.15, 0.2) is 0 Å². The van der Waals surface area contributed by atoms with E-state index in [0.717, 1.165) is 49.7 Å². The topological polar surface area (TPSA) is 12.9 Å². The molecule has 0 amide bonds. The highest BCUT2D eigenvalue weighted by Gasteiger charge is 2.47. The summed E-state index contributed by atoms with van der Waals surface area (Å²) in [4.78, 5) is 7.22. The fourth-order valence-electron chi connectivity index (χ4n) is 5.63. The number of pyridine rings is 1. The Morgan fingerprint density at radius 3 is 2.38 bits per heavy atom. The van der Waals surface area contributed by atoms with E-state index in [2.05, 4.69) is 50.2 Å². The van der Waals surface area contributed by atoms with Gasteiger partial charge in [-0.25, -0.2) is 0 Å². The standard InChI is InChI=1S/C32H28F3NS/c1-18(2)14-24-22-11-6-5-8-19(22)15-25-29-28-23(12-13-36-29)27-20(16-26(28)37-30(24)25)9-7-10-21(27)17-31(3,4)32(33,34)35/h5-13,15-16,18H,14,17H2,1-4H3. The fourth-order valence-corrected chi connectivity index (χ4v) is 6.92. The van der Waals surface area contributed by atoms with E-state index in [1.54, 1.807) is 11.8 Å². The Bertz CT molecular complexity index is 1700. The quantitative estimate of drug-likeness (QED) is 0.217. The number of benzene rings is 4. The molecule has 37 heavy (non-hydrogen) atoms. The van der Waals surface area contributed by atoms with Crippen LogP contribution in [0.1, 0.15) is 38.8 Å². The Kier molecular flexibility index (Phi) is 5.57. The van der Waals surface area contributed by atoms with Crippen LogP contribution in [0.15, 0.2) is 76.7 Å². The van der Waals surface area contributed by atoms with Gasteiger partial charge < -0.3 is 0 Å². The van der Waals surface area contributed by atoms with Crippen molar-refractivity contribution in [3.63, 3.8) is 0 Å². The summed E-state index contributed by atoms with van der Waals surface area (Å²) < 4.78 is 41.5. The van der Waals surface area contributed by atoms with Crippen LogP contribution in [0, 0.1) is 11.3 Å². The van der Waals surface area contributed by atoms with Crippen molar-refractivity contribution >= 4 is 44.1 Å². The van der Waals surface area contributed by atoms with Crippen molar-refractivity contribution in [2.24, 2.45) is 11.3 Å². The number of nitrogens with zero attached hydrogens (tertiary/aromatic N) is 1. The SMILES string of the molecule is CC(C)Cc1c2c(cc3ccccc13)-c1nccc3c1c(cc1cccc(CC(C)(C)C(F)(F)F)c13)S2. The average molecular weight is 516 g/mol. The van der Waals surface area contributed by atoms with Gasteiger partial charge >= 0.3 is 6.18 Å². The van der Waals surface area contributed by atoms with E-state index in [0.29, 0.717) is 5.92 Å². The first-order chi connectivity index (χ1) is 17.5. The van der Waals surface area contributed by atoms with Gasteiger partial charge in [0.2, 0.25) is 0 Å². The van der Waals surface area contributed by atoms with Gasteiger partial charge in [-0.05, 0) is 75.0 Å². The lowest BCUT2D eigenvalue weighted by Crippen LogP contribution is -2.34. The fraction of sp³-hybridized carbons (Fsp3) is 0.281. The summed E-state index contributed by atoms with van der Waals surface area (Å²) in [5.74, 6) is 0.497. The summed E-state index contributed by atoms with van der Waals surface area (Å²) in [7, 11) is 0. The Balaban J connectivity index is 1.66. The molecule has 0 atom stereocenters. The van der Waals surface area contributed by atoms with Crippen LogP contribution in [0.25, 0.3) is 43.6 Å². The smallest absolute Gasteiger partial charge is 0.256 e. The highest BCUT2D eigenvalue weighted by atomic mass is 32.2. The third-order valence-electron chi connectivity index (χ3n) is 7.52. The molecular formula is C32H28F3NS. The lowest BCUT2D eigenvalue weighted by Gasteiger charge is -2.29. The first-order valence-corrected chi connectivity index (χ1v) is 13.5. The van der Waals surface area contributed by atoms with E-state index in [1.165, 1.54) is 35.1 Å². The number of hydrogen-bond donors (Lipinski definition) is 0. The second-order valence-electron chi connectivity index (χ2n) is 11.2. The molecule has 1 aliphatic rings. The van der Waals surface area contributed by atoms with Gasteiger partial charge in [0.25, 0.3) is 0 Å². The number of rotatable bonds is 4. The molecule has 5 heteroatoms. The second kappa shape index (κ2) is 8.49. The third kappa shape index (κ3) is 3.90. The Labute approximate surface area is 219 Å². The van der Waals surface area contributed by atoms with Crippen molar-refractivity contribution in [3.05, 3.63) is 78.0 Å². The summed E-state index contributed by atoms with van der Waals surface area (Å²) >= 11 is 1.78. The molecule has 0 bridgehead atoms. The minimum Gasteiger partial charge on any atom is -0.256 e. The molecule has 1 aromatic heterocycles. The van der Waals surface area contributed by atoms with Crippen LogP contribution in [0.5, 0.6) is 0 Å². The molecule has 4 aromatic carbocycles. The molecular weight excluding hydrogens is 487 g/mol. The van der Waals surface area contributed by atoms with E-state index < -0.39 is 11.6 Å². The van der Waals surface area contributed by atoms with Crippen molar-refractivity contribution in [2.75, 3.05) is 0 Å². The molecule has 0 saturated heterocycles. The van der Waals surface area contributed by atoms with E-state index in [9.17, 15) is 13.2 Å². The molecule has 1 nitrogen and oxygen atoms in total. The van der Waals surface area contributed by atoms with Gasteiger partial charge in [0.05, 0.1) is 11.1 Å². The minimum absolute atomic E-state index is 0.0765. The number of alkyl halides is 3. The molecule has 0 aliphatic carbocycles. The number of halogens is 3. The van der Waals surface area contributed by atoms with Gasteiger partial charge in [-0.1, -0.05) is 81.9 Å². The highest BCUT2D eigenvalue weighted by Crippen LogP contribution is 2.52. The van der Waals surface area contributed by atoms with Gasteiger partial charge in [0, 0.05) is 26.9 Å². The van der Waals surface area contributed by atoms with Crippen molar-refractivity contribution in [1.82, 2.24) is 4.98 Å². The van der Waals surface area contributed by atoms with Gasteiger partial charge in [-0.15, -0.1) is 0 Å². The second-order valence-corrected chi connectivity index (χ2v) is 12.2. The number of fused-ring (bicyclic) bond motifs is 5. The Morgan fingerprint density at radius 2 is 1.62 bits per heavy atom. The molecule has 0 radical (unpaired) electrons. The van der Waals surface area contributed by atoms with Crippen LogP contribution in [0.4, 0.5) is 13.2 Å². The van der Waals surface area contributed by atoms with Crippen molar-refractivity contribution in [1.29, 1.82) is 0 Å². The molecule has 0 N–H and O–H groups in total. The normalized spacial score (nSPS) is 13.6. The first-order valence-electron chi connectivity index (χ1n) is 12.7. The van der Waals surface area contributed by atoms with Crippen LogP contribution in [0.2, 0.25) is 0 Å². The maximum absolute atomic E-state index is 13.8. The molecule has 0 fully saturated rings. The highest BCUT2D eigenvalue weighted by molar-refractivity contribution is 8.00. The molecule has 188 valence electrons. The number of aromatic nitrogens is 1. The summed E-state index contributed by atoms with van der Waals surface area (Å²) in [5, 5.41) is 6.34. The lowest BCUT2D eigenvalue weighted by atomic mass is 9.82. The lowest BCUT2D eigenvalue weighted by molar-refractivity contribution is -0.210. The van der Waals surface area contributed by atoms with Gasteiger partial charge in [-0.2, -0.15) is 13.2 Å². The van der Waals surface area contributed by atoms with Gasteiger partial charge in [0.1, 0.15) is 0 Å². The van der Waals surface area contributed by atoms with E-state index >= 15 is 0 Å². The van der Waals surface area contributed by atoms with Gasteiger partial charge in [-0.3, -0.25) is 4.98 Å². The molecule has 0 spiro atoms. The Morgan fingerprint density at radius 1 is 0.865 bits per heavy atom. The Hall–Kier alpha value is -3.05.